The highest BCUT2D eigenvalue weighted by Crippen LogP contribution is 2.29. The van der Waals surface area contributed by atoms with Crippen molar-refractivity contribution in [2.75, 3.05) is 19.7 Å². The number of amides is 1. The topological polar surface area (TPSA) is 75.7 Å². The average Bonchev–Trinajstić information content (AvgIpc) is 3.38. The Bertz CT molecular complexity index is 1140. The predicted molar refractivity (Wildman–Crippen MR) is 130 cm³/mol. The summed E-state index contributed by atoms with van der Waals surface area (Å²) in [6, 6.07) is 20.2. The molecule has 6 nitrogen and oxygen atoms in total. The highest BCUT2D eigenvalue weighted by molar-refractivity contribution is 7.89. The summed E-state index contributed by atoms with van der Waals surface area (Å²) in [7, 11) is -3.60. The number of hydrogen-bond acceptors (Lipinski definition) is 5. The van der Waals surface area contributed by atoms with Crippen LogP contribution in [0.4, 0.5) is 0 Å². The first kappa shape index (κ1) is 23.5. The Morgan fingerprint density at radius 2 is 1.76 bits per heavy atom. The molecule has 1 saturated heterocycles. The molecule has 8 heteroatoms. The van der Waals surface area contributed by atoms with Gasteiger partial charge in [0.25, 0.3) is 0 Å². The molecule has 1 unspecified atom stereocenters. The van der Waals surface area contributed by atoms with Gasteiger partial charge in [-0.25, -0.2) is 8.42 Å². The van der Waals surface area contributed by atoms with Crippen molar-refractivity contribution in [2.24, 2.45) is 5.92 Å². The van der Waals surface area contributed by atoms with Gasteiger partial charge in [-0.2, -0.15) is 4.31 Å². The van der Waals surface area contributed by atoms with Gasteiger partial charge >= 0.3 is 0 Å². The summed E-state index contributed by atoms with van der Waals surface area (Å²) in [6.45, 7) is 3.05. The van der Waals surface area contributed by atoms with Crippen molar-refractivity contribution in [1.82, 2.24) is 9.62 Å². The standard InChI is InChI=1S/C25H28N2O4S2/c1-2-31-21-10-12-22(13-11-21)33(29,30)27-16-14-20(15-17-27)25(28)26-24(23-9-6-18-32-23)19-7-4-3-5-8-19/h3-13,18,20,24H,2,14-17H2,1H3,(H,26,28). The third-order valence-corrected chi connectivity index (χ3v) is 8.69. The highest BCUT2D eigenvalue weighted by atomic mass is 32.2. The van der Waals surface area contributed by atoms with Crippen LogP contribution in [0.15, 0.2) is 77.0 Å². The van der Waals surface area contributed by atoms with Gasteiger partial charge in [-0.15, -0.1) is 11.3 Å². The smallest absolute Gasteiger partial charge is 0.243 e. The predicted octanol–water partition coefficient (Wildman–Crippen LogP) is 4.45. The van der Waals surface area contributed by atoms with E-state index in [2.05, 4.69) is 5.32 Å². The number of thiophene rings is 1. The van der Waals surface area contributed by atoms with Crippen molar-refractivity contribution in [3.8, 4) is 5.75 Å². The number of ether oxygens (including phenoxy) is 1. The summed E-state index contributed by atoms with van der Waals surface area (Å²) in [6.07, 6.45) is 0.988. The van der Waals surface area contributed by atoms with Crippen LogP contribution in [-0.4, -0.2) is 38.3 Å². The molecule has 4 rings (SSSR count). The lowest BCUT2D eigenvalue weighted by Gasteiger charge is -2.31. The lowest BCUT2D eigenvalue weighted by atomic mass is 9.96. The fourth-order valence-corrected chi connectivity index (χ4v) is 6.33. The molecule has 0 radical (unpaired) electrons. The van der Waals surface area contributed by atoms with Gasteiger partial charge in [0.1, 0.15) is 5.75 Å². The molecule has 1 aromatic heterocycles. The third kappa shape index (κ3) is 5.46. The van der Waals surface area contributed by atoms with E-state index in [1.54, 1.807) is 35.6 Å². The first-order chi connectivity index (χ1) is 16.0. The van der Waals surface area contributed by atoms with Gasteiger partial charge in [0.15, 0.2) is 0 Å². The number of carbonyl (C=O) groups is 1. The minimum Gasteiger partial charge on any atom is -0.494 e. The van der Waals surface area contributed by atoms with Gasteiger partial charge in [0.2, 0.25) is 15.9 Å². The Balaban J connectivity index is 1.40. The molecular formula is C25H28N2O4S2. The van der Waals surface area contributed by atoms with E-state index < -0.39 is 10.0 Å². The Morgan fingerprint density at radius 1 is 1.06 bits per heavy atom. The monoisotopic (exact) mass is 484 g/mol. The minimum absolute atomic E-state index is 0.0321. The maximum atomic E-state index is 13.1. The molecule has 174 valence electrons. The van der Waals surface area contributed by atoms with E-state index in [4.69, 9.17) is 4.74 Å². The number of sulfonamides is 1. The van der Waals surface area contributed by atoms with Gasteiger partial charge in [-0.3, -0.25) is 4.79 Å². The number of piperidine rings is 1. The second-order valence-corrected chi connectivity index (χ2v) is 10.9. The van der Waals surface area contributed by atoms with Crippen LogP contribution in [-0.2, 0) is 14.8 Å². The molecule has 0 spiro atoms. The van der Waals surface area contributed by atoms with Gasteiger partial charge in [-0.1, -0.05) is 36.4 Å². The van der Waals surface area contributed by atoms with Crippen LogP contribution in [0.25, 0.3) is 0 Å². The van der Waals surface area contributed by atoms with E-state index in [1.807, 2.05) is 54.8 Å². The zero-order chi connectivity index (χ0) is 23.3. The Hall–Kier alpha value is -2.68. The molecule has 1 N–H and O–H groups in total. The first-order valence-corrected chi connectivity index (χ1v) is 13.4. The summed E-state index contributed by atoms with van der Waals surface area (Å²) in [5.74, 6) is 0.392. The minimum atomic E-state index is -3.60. The Morgan fingerprint density at radius 3 is 2.36 bits per heavy atom. The summed E-state index contributed by atoms with van der Waals surface area (Å²) in [5.41, 5.74) is 1.03. The molecule has 3 aromatic rings. The van der Waals surface area contributed by atoms with Crippen LogP contribution in [0, 0.1) is 5.92 Å². The van der Waals surface area contributed by atoms with Gasteiger partial charge in [-0.05, 0) is 61.0 Å². The molecule has 33 heavy (non-hydrogen) atoms. The van der Waals surface area contributed by atoms with Crippen LogP contribution in [0.3, 0.4) is 0 Å². The summed E-state index contributed by atoms with van der Waals surface area (Å²) >= 11 is 1.61. The molecule has 2 aromatic carbocycles. The summed E-state index contributed by atoms with van der Waals surface area (Å²) < 4.78 is 32.9. The van der Waals surface area contributed by atoms with Crippen molar-refractivity contribution in [1.29, 1.82) is 0 Å². The van der Waals surface area contributed by atoms with Crippen LogP contribution in [0.5, 0.6) is 5.75 Å². The lowest BCUT2D eigenvalue weighted by molar-refractivity contribution is -0.126. The number of benzene rings is 2. The van der Waals surface area contributed by atoms with Crippen molar-refractivity contribution in [3.05, 3.63) is 82.6 Å². The van der Waals surface area contributed by atoms with E-state index in [-0.39, 0.29) is 22.8 Å². The molecule has 1 atom stereocenters. The number of carbonyl (C=O) groups excluding carboxylic acids is 1. The van der Waals surface area contributed by atoms with E-state index in [0.717, 1.165) is 10.4 Å². The number of nitrogens with one attached hydrogen (secondary N) is 1. The highest BCUT2D eigenvalue weighted by Gasteiger charge is 2.33. The fourth-order valence-electron chi connectivity index (χ4n) is 4.06. The molecule has 1 amide bonds. The maximum absolute atomic E-state index is 13.1. The zero-order valence-corrected chi connectivity index (χ0v) is 20.1. The van der Waals surface area contributed by atoms with Crippen molar-refractivity contribution >= 4 is 27.3 Å². The van der Waals surface area contributed by atoms with Gasteiger partial charge in [0, 0.05) is 23.9 Å². The molecule has 1 aliphatic rings. The van der Waals surface area contributed by atoms with E-state index in [1.165, 1.54) is 4.31 Å². The largest absolute Gasteiger partial charge is 0.494 e. The number of hydrogen-bond donors (Lipinski definition) is 1. The number of nitrogens with zero attached hydrogens (tertiary/aromatic N) is 1. The Kier molecular flexibility index (Phi) is 7.47. The molecule has 1 aliphatic heterocycles. The van der Waals surface area contributed by atoms with Crippen molar-refractivity contribution < 1.29 is 17.9 Å². The Labute approximate surface area is 199 Å². The number of rotatable bonds is 8. The molecule has 0 saturated carbocycles. The van der Waals surface area contributed by atoms with Crippen LogP contribution in [0.2, 0.25) is 0 Å². The molecule has 1 fully saturated rings. The second-order valence-electron chi connectivity index (χ2n) is 7.95. The fraction of sp³-hybridized carbons (Fsp3) is 0.320. The maximum Gasteiger partial charge on any atom is 0.243 e. The van der Waals surface area contributed by atoms with Crippen LogP contribution in [0.1, 0.15) is 36.2 Å². The molecular weight excluding hydrogens is 456 g/mol. The van der Waals surface area contributed by atoms with Crippen molar-refractivity contribution in [3.63, 3.8) is 0 Å². The lowest BCUT2D eigenvalue weighted by Crippen LogP contribution is -2.43. The van der Waals surface area contributed by atoms with Gasteiger partial charge < -0.3 is 10.1 Å². The second kappa shape index (κ2) is 10.5. The molecule has 2 heterocycles. The third-order valence-electron chi connectivity index (χ3n) is 5.84. The molecule has 0 aliphatic carbocycles. The average molecular weight is 485 g/mol. The van der Waals surface area contributed by atoms with Gasteiger partial charge in [0.05, 0.1) is 17.5 Å². The molecule has 0 bridgehead atoms. The quantitative estimate of drug-likeness (QED) is 0.512. The van der Waals surface area contributed by atoms with E-state index in [9.17, 15) is 13.2 Å². The summed E-state index contributed by atoms with van der Waals surface area (Å²) in [4.78, 5) is 14.4. The SMILES string of the molecule is CCOc1ccc(S(=O)(=O)N2CCC(C(=O)NC(c3ccccc3)c3cccs3)CC2)cc1. The van der Waals surface area contributed by atoms with Crippen molar-refractivity contribution in [2.45, 2.75) is 30.7 Å². The first-order valence-electron chi connectivity index (χ1n) is 11.1. The normalized spacial score (nSPS) is 16.3. The van der Waals surface area contributed by atoms with Crippen LogP contribution < -0.4 is 10.1 Å². The summed E-state index contributed by atoms with van der Waals surface area (Å²) in [5, 5.41) is 5.20. The van der Waals surface area contributed by atoms with Crippen LogP contribution >= 0.6 is 11.3 Å². The van der Waals surface area contributed by atoms with E-state index in [0.29, 0.717) is 38.3 Å². The van der Waals surface area contributed by atoms with E-state index >= 15 is 0 Å². The zero-order valence-electron chi connectivity index (χ0n) is 18.5.